The third kappa shape index (κ3) is 2.93. The number of hydrogen-bond acceptors (Lipinski definition) is 6. The molecule has 1 saturated heterocycles. The maximum absolute atomic E-state index is 12.0. The van der Waals surface area contributed by atoms with E-state index < -0.39 is 4.92 Å². The molecule has 0 aromatic heterocycles. The SMILES string of the molecule is CN=C1S/C(=C\c2cc([N+](=O)[O-])cc(Br)c2O)C(=O)N1C. The summed E-state index contributed by atoms with van der Waals surface area (Å²) in [6, 6.07) is 2.41. The van der Waals surface area contributed by atoms with Gasteiger partial charge >= 0.3 is 0 Å². The van der Waals surface area contributed by atoms with Crippen molar-refractivity contribution in [3.63, 3.8) is 0 Å². The Morgan fingerprint density at radius 1 is 1.52 bits per heavy atom. The Balaban J connectivity index is 2.51. The van der Waals surface area contributed by atoms with Crippen molar-refractivity contribution in [2.24, 2.45) is 4.99 Å². The molecular weight excluding hydrogens is 362 g/mol. The lowest BCUT2D eigenvalue weighted by Gasteiger charge is -2.05. The van der Waals surface area contributed by atoms with Gasteiger partial charge < -0.3 is 5.11 Å². The van der Waals surface area contributed by atoms with Crippen molar-refractivity contribution < 1.29 is 14.8 Å². The number of nitrogens with zero attached hydrogens (tertiary/aromatic N) is 3. The van der Waals surface area contributed by atoms with Crippen molar-refractivity contribution >= 4 is 50.5 Å². The van der Waals surface area contributed by atoms with Gasteiger partial charge in [-0.25, -0.2) is 0 Å². The molecular formula is C12H10BrN3O4S. The third-order valence-corrected chi connectivity index (χ3v) is 4.53. The lowest BCUT2D eigenvalue weighted by molar-refractivity contribution is -0.385. The standard InChI is InChI=1S/C12H10BrN3O4S/c1-14-12-15(2)11(18)9(21-12)4-6-3-7(16(19)20)5-8(13)10(6)17/h3-5,17H,1-2H3/b9-4-,14-12?. The van der Waals surface area contributed by atoms with Crippen LogP contribution in [0.1, 0.15) is 5.56 Å². The normalized spacial score (nSPS) is 18.8. The van der Waals surface area contributed by atoms with Gasteiger partial charge in [-0.15, -0.1) is 0 Å². The number of aliphatic imine (C=N–C) groups is 1. The summed E-state index contributed by atoms with van der Waals surface area (Å²) in [5, 5.41) is 21.3. The van der Waals surface area contributed by atoms with Crippen LogP contribution in [-0.2, 0) is 4.79 Å². The number of amidine groups is 1. The molecule has 1 aromatic rings. The molecule has 2 rings (SSSR count). The summed E-state index contributed by atoms with van der Waals surface area (Å²) in [7, 11) is 3.15. The van der Waals surface area contributed by atoms with Gasteiger partial charge in [0.2, 0.25) is 0 Å². The Morgan fingerprint density at radius 2 is 2.19 bits per heavy atom. The molecule has 9 heteroatoms. The number of phenols is 1. The van der Waals surface area contributed by atoms with Gasteiger partial charge in [-0.2, -0.15) is 0 Å². The zero-order valence-corrected chi connectivity index (χ0v) is 13.4. The molecule has 21 heavy (non-hydrogen) atoms. The first-order valence-corrected chi connectivity index (χ1v) is 7.27. The van der Waals surface area contributed by atoms with Gasteiger partial charge in [-0.3, -0.25) is 24.8 Å². The largest absolute Gasteiger partial charge is 0.506 e. The molecule has 7 nitrogen and oxygen atoms in total. The highest BCUT2D eigenvalue weighted by Gasteiger charge is 2.30. The number of nitro groups is 1. The topological polar surface area (TPSA) is 96.0 Å². The molecule has 0 aliphatic carbocycles. The second-order valence-electron chi connectivity index (χ2n) is 4.10. The fourth-order valence-corrected chi connectivity index (χ4v) is 3.09. The molecule has 1 N–H and O–H groups in total. The van der Waals surface area contributed by atoms with Gasteiger partial charge in [-0.1, -0.05) is 0 Å². The maximum Gasteiger partial charge on any atom is 0.271 e. The predicted molar refractivity (Wildman–Crippen MR) is 84.2 cm³/mol. The number of carbonyl (C=O) groups is 1. The van der Waals surface area contributed by atoms with Crippen LogP contribution in [0, 0.1) is 10.1 Å². The Bertz CT molecular complexity index is 702. The second kappa shape index (κ2) is 5.86. The predicted octanol–water partition coefficient (Wildman–Crippen LogP) is 2.59. The number of thioether (sulfide) groups is 1. The van der Waals surface area contributed by atoms with Crippen LogP contribution in [0.4, 0.5) is 5.69 Å². The Hall–Kier alpha value is -1.87. The van der Waals surface area contributed by atoms with E-state index in [4.69, 9.17) is 0 Å². The summed E-state index contributed by atoms with van der Waals surface area (Å²) >= 11 is 4.20. The monoisotopic (exact) mass is 371 g/mol. The number of nitro benzene ring substituents is 1. The number of likely N-dealkylation sites (N-methyl/N-ethyl adjacent to an activating group) is 1. The van der Waals surface area contributed by atoms with E-state index in [1.165, 1.54) is 23.1 Å². The molecule has 1 aromatic carbocycles. The van der Waals surface area contributed by atoms with Crippen LogP contribution in [-0.4, -0.2) is 40.1 Å². The van der Waals surface area contributed by atoms with Crippen LogP contribution in [0.25, 0.3) is 6.08 Å². The molecule has 0 radical (unpaired) electrons. The van der Waals surface area contributed by atoms with E-state index in [9.17, 15) is 20.0 Å². The first-order chi connectivity index (χ1) is 9.85. The van der Waals surface area contributed by atoms with E-state index in [-0.39, 0.29) is 27.4 Å². The highest BCUT2D eigenvalue weighted by atomic mass is 79.9. The zero-order valence-electron chi connectivity index (χ0n) is 11.0. The summed E-state index contributed by atoms with van der Waals surface area (Å²) in [4.78, 5) is 28.0. The average molecular weight is 372 g/mol. The average Bonchev–Trinajstić information content (AvgIpc) is 2.71. The molecule has 1 aliphatic heterocycles. The minimum absolute atomic E-state index is 0.161. The van der Waals surface area contributed by atoms with Gasteiger partial charge in [0.15, 0.2) is 5.17 Å². The maximum atomic E-state index is 12.0. The number of rotatable bonds is 2. The number of benzene rings is 1. The Labute approximate surface area is 132 Å². The summed E-state index contributed by atoms with van der Waals surface area (Å²) < 4.78 is 0.191. The van der Waals surface area contributed by atoms with Crippen molar-refractivity contribution in [3.05, 3.63) is 37.2 Å². The minimum atomic E-state index is -0.569. The van der Waals surface area contributed by atoms with Gasteiger partial charge in [0.25, 0.3) is 11.6 Å². The van der Waals surface area contributed by atoms with Crippen LogP contribution in [0.5, 0.6) is 5.75 Å². The lowest BCUT2D eigenvalue weighted by Crippen LogP contribution is -2.23. The first-order valence-electron chi connectivity index (χ1n) is 5.66. The smallest absolute Gasteiger partial charge is 0.271 e. The van der Waals surface area contributed by atoms with Crippen molar-refractivity contribution in [1.82, 2.24) is 4.90 Å². The third-order valence-electron chi connectivity index (χ3n) is 2.77. The molecule has 0 bridgehead atoms. The minimum Gasteiger partial charge on any atom is -0.506 e. The van der Waals surface area contributed by atoms with Gasteiger partial charge in [0, 0.05) is 31.8 Å². The van der Waals surface area contributed by atoms with E-state index in [0.717, 1.165) is 11.8 Å². The highest BCUT2D eigenvalue weighted by Crippen LogP contribution is 2.37. The van der Waals surface area contributed by atoms with E-state index in [1.54, 1.807) is 14.1 Å². The number of phenolic OH excluding ortho intramolecular Hbond substituents is 1. The van der Waals surface area contributed by atoms with Crippen LogP contribution in [0.2, 0.25) is 0 Å². The van der Waals surface area contributed by atoms with Gasteiger partial charge in [-0.05, 0) is 33.8 Å². The molecule has 1 amide bonds. The van der Waals surface area contributed by atoms with Crippen LogP contribution in [0.3, 0.4) is 0 Å². The second-order valence-corrected chi connectivity index (χ2v) is 5.97. The molecule has 0 spiro atoms. The lowest BCUT2D eigenvalue weighted by atomic mass is 10.1. The quantitative estimate of drug-likeness (QED) is 0.489. The number of carbonyl (C=O) groups excluding carboxylic acids is 1. The van der Waals surface area contributed by atoms with Crippen molar-refractivity contribution in [2.45, 2.75) is 0 Å². The molecule has 110 valence electrons. The molecule has 1 heterocycles. The van der Waals surface area contributed by atoms with E-state index in [1.807, 2.05) is 0 Å². The summed E-state index contributed by atoms with van der Waals surface area (Å²) in [5.74, 6) is -0.436. The van der Waals surface area contributed by atoms with Crippen LogP contribution in [0.15, 0.2) is 26.5 Å². The zero-order chi connectivity index (χ0) is 15.7. The fourth-order valence-electron chi connectivity index (χ4n) is 1.71. The van der Waals surface area contributed by atoms with E-state index in [0.29, 0.717) is 10.1 Å². The number of non-ortho nitro benzene ring substituents is 1. The van der Waals surface area contributed by atoms with Gasteiger partial charge in [0.05, 0.1) is 14.3 Å². The highest BCUT2D eigenvalue weighted by molar-refractivity contribution is 9.10. The molecule has 1 fully saturated rings. The van der Waals surface area contributed by atoms with Crippen molar-refractivity contribution in [1.29, 1.82) is 0 Å². The van der Waals surface area contributed by atoms with Gasteiger partial charge in [0.1, 0.15) is 5.75 Å². The number of amides is 1. The number of aromatic hydroxyl groups is 1. The van der Waals surface area contributed by atoms with Crippen LogP contribution >= 0.6 is 27.7 Å². The summed E-state index contributed by atoms with van der Waals surface area (Å²) in [6.07, 6.45) is 1.41. The number of hydrogen-bond donors (Lipinski definition) is 1. The van der Waals surface area contributed by atoms with E-state index in [2.05, 4.69) is 20.9 Å². The first kappa shape index (κ1) is 15.5. The van der Waals surface area contributed by atoms with E-state index >= 15 is 0 Å². The Kier molecular flexibility index (Phi) is 4.33. The molecule has 0 unspecified atom stereocenters. The fraction of sp³-hybridized carbons (Fsp3) is 0.167. The molecule has 1 aliphatic rings. The Morgan fingerprint density at radius 3 is 2.71 bits per heavy atom. The summed E-state index contributed by atoms with van der Waals surface area (Å²) in [5.41, 5.74) is 0.0115. The summed E-state index contributed by atoms with van der Waals surface area (Å²) in [6.45, 7) is 0. The molecule has 0 saturated carbocycles. The van der Waals surface area contributed by atoms with Crippen LogP contribution < -0.4 is 0 Å². The molecule has 0 atom stereocenters. The number of halogens is 1. The van der Waals surface area contributed by atoms with Crippen molar-refractivity contribution in [3.8, 4) is 5.75 Å². The van der Waals surface area contributed by atoms with Crippen molar-refractivity contribution in [2.75, 3.05) is 14.1 Å².